The van der Waals surface area contributed by atoms with Crippen LogP contribution in [-0.4, -0.2) is 73.4 Å². The van der Waals surface area contributed by atoms with Crippen LogP contribution in [0.3, 0.4) is 0 Å². The van der Waals surface area contributed by atoms with Gasteiger partial charge in [0.25, 0.3) is 0 Å². The van der Waals surface area contributed by atoms with Gasteiger partial charge in [0.1, 0.15) is 13.2 Å². The second-order valence-corrected chi connectivity index (χ2v) is 27.0. The number of hydrogen-bond acceptors (Lipinski definition) is 5. The molecule has 0 radical (unpaired) electrons. The first kappa shape index (κ1) is 83.2. The first-order valence-corrected chi connectivity index (χ1v) is 37.8. The third kappa shape index (κ3) is 68.6. The van der Waals surface area contributed by atoms with Crippen molar-refractivity contribution < 1.29 is 32.9 Å². The van der Waals surface area contributed by atoms with Crippen LogP contribution in [0.2, 0.25) is 0 Å². The SMILES string of the molecule is CC/C=C\C/C=C\C/C=C\C/C=C\C/C=C\C/C=C\CCCCCCCCCCCCCCCCCCCCCCC(=O)NC(COP(=O)(O)OCC[N+](C)(C)C)C(O)/C=C/CC/C=C/CC/C=C/CCCCCCCCCCCCCCCCC. The van der Waals surface area contributed by atoms with E-state index >= 15 is 0 Å². The minimum Gasteiger partial charge on any atom is -0.387 e. The third-order valence-electron chi connectivity index (χ3n) is 16.0. The van der Waals surface area contributed by atoms with Crippen molar-refractivity contribution in [2.45, 2.75) is 334 Å². The number of carbonyl (C=O) groups excluding carboxylic acids is 1. The van der Waals surface area contributed by atoms with E-state index < -0.39 is 20.0 Å². The summed E-state index contributed by atoms with van der Waals surface area (Å²) in [6.45, 7) is 4.70. The van der Waals surface area contributed by atoms with Gasteiger partial charge in [-0.05, 0) is 96.3 Å². The summed E-state index contributed by atoms with van der Waals surface area (Å²) in [6.07, 6.45) is 98.2. The van der Waals surface area contributed by atoms with Gasteiger partial charge in [-0.3, -0.25) is 13.8 Å². The number of likely N-dealkylation sites (N-methyl/N-ethyl adjacent to an activating group) is 1. The summed E-state index contributed by atoms with van der Waals surface area (Å²) in [5, 5.41) is 14.0. The number of rotatable bonds is 66. The Bertz CT molecular complexity index is 1770. The van der Waals surface area contributed by atoms with Crippen molar-refractivity contribution in [1.29, 1.82) is 0 Å². The van der Waals surface area contributed by atoms with Gasteiger partial charge in [0.15, 0.2) is 0 Å². The number of quaternary nitrogens is 1. The number of aliphatic hydroxyl groups excluding tert-OH is 1. The zero-order chi connectivity index (χ0) is 62.6. The summed E-state index contributed by atoms with van der Waals surface area (Å²) < 4.78 is 23.8. The summed E-state index contributed by atoms with van der Waals surface area (Å²) in [6, 6.07) is -0.875. The van der Waals surface area contributed by atoms with Crippen LogP contribution in [-0.2, 0) is 18.4 Å². The van der Waals surface area contributed by atoms with E-state index in [-0.39, 0.29) is 19.1 Å². The molecule has 0 aromatic carbocycles. The minimum absolute atomic E-state index is 0.0513. The Morgan fingerprint density at radius 1 is 0.407 bits per heavy atom. The molecule has 0 saturated carbocycles. The second-order valence-electron chi connectivity index (χ2n) is 25.6. The van der Waals surface area contributed by atoms with E-state index in [1.165, 1.54) is 218 Å². The second kappa shape index (κ2) is 66.6. The molecule has 0 aromatic rings. The van der Waals surface area contributed by atoms with Crippen molar-refractivity contribution >= 4 is 13.7 Å². The van der Waals surface area contributed by atoms with Crippen molar-refractivity contribution in [3.8, 4) is 0 Å². The largest absolute Gasteiger partial charge is 0.472 e. The number of nitrogens with zero attached hydrogens (tertiary/aromatic N) is 1. The molecule has 0 spiro atoms. The first-order chi connectivity index (χ1) is 42.0. The lowest BCUT2D eigenvalue weighted by Gasteiger charge is -2.25. The molecule has 0 bridgehead atoms. The fraction of sp³-hybridized carbons (Fsp3) is 0.753. The predicted molar refractivity (Wildman–Crippen MR) is 378 cm³/mol. The lowest BCUT2D eigenvalue weighted by atomic mass is 10.0. The topological polar surface area (TPSA) is 105 Å². The summed E-state index contributed by atoms with van der Waals surface area (Å²) in [5.41, 5.74) is 0. The van der Waals surface area contributed by atoms with Crippen LogP contribution >= 0.6 is 7.82 Å². The number of carbonyl (C=O) groups is 1. The molecular weight excluding hydrogens is 1080 g/mol. The van der Waals surface area contributed by atoms with Crippen LogP contribution in [0.15, 0.2) is 109 Å². The number of hydrogen-bond donors (Lipinski definition) is 3. The van der Waals surface area contributed by atoms with Crippen molar-refractivity contribution in [3.05, 3.63) is 109 Å². The van der Waals surface area contributed by atoms with Gasteiger partial charge in [-0.25, -0.2) is 4.57 Å². The van der Waals surface area contributed by atoms with Gasteiger partial charge in [-0.1, -0.05) is 329 Å². The zero-order valence-electron chi connectivity index (χ0n) is 57.0. The lowest BCUT2D eigenvalue weighted by molar-refractivity contribution is -0.870. The molecule has 8 nitrogen and oxygen atoms in total. The van der Waals surface area contributed by atoms with E-state index in [1.54, 1.807) is 6.08 Å². The molecule has 0 saturated heterocycles. The van der Waals surface area contributed by atoms with Crippen molar-refractivity contribution in [2.75, 3.05) is 40.9 Å². The standard InChI is InChI=1S/C77H139N2O6P/c1-6-8-10-12-14-16-18-20-22-24-26-28-30-32-33-34-35-36-37-38-39-40-41-42-43-44-45-47-49-51-53-55-57-59-61-63-65-67-69-71-77(81)78-75(74-85-86(82,83)84-73-72-79(3,4)5)76(80)70-68-66-64-62-60-58-56-54-52-50-48-46-31-29-27-25-23-21-19-17-15-13-11-9-7-2/h8,10,14,16,20,22,26,28,32-33,35-36,52,54,60,62,68,70,75-76,80H,6-7,9,11-13,15,17-19,21,23-25,27,29-31,34,37-51,53,55-59,61,63-67,69,71-74H2,1-5H3,(H-,78,81,82,83)/p+1/b10-8-,16-14-,22-20-,28-26-,33-32-,36-35-,54-52+,62-60+,70-68+. The number of unbranched alkanes of at least 4 members (excludes halogenated alkanes) is 37. The van der Waals surface area contributed by atoms with E-state index in [9.17, 15) is 19.4 Å². The van der Waals surface area contributed by atoms with Crippen molar-refractivity contribution in [2.24, 2.45) is 0 Å². The Morgan fingerprint density at radius 2 is 0.709 bits per heavy atom. The zero-order valence-corrected chi connectivity index (χ0v) is 57.9. The molecule has 498 valence electrons. The number of nitrogens with one attached hydrogen (secondary N) is 1. The van der Waals surface area contributed by atoms with Gasteiger partial charge >= 0.3 is 7.82 Å². The predicted octanol–water partition coefficient (Wildman–Crippen LogP) is 23.4. The van der Waals surface area contributed by atoms with Crippen molar-refractivity contribution in [3.63, 3.8) is 0 Å². The van der Waals surface area contributed by atoms with E-state index in [4.69, 9.17) is 9.05 Å². The Morgan fingerprint density at radius 3 is 1.07 bits per heavy atom. The molecule has 3 unspecified atom stereocenters. The average molecular weight is 1220 g/mol. The summed E-state index contributed by atoms with van der Waals surface area (Å²) in [5.74, 6) is -0.189. The minimum atomic E-state index is -4.37. The Hall–Kier alpha value is -2.84. The molecule has 0 aliphatic carbocycles. The highest BCUT2D eigenvalue weighted by molar-refractivity contribution is 7.47. The molecule has 0 aliphatic heterocycles. The van der Waals surface area contributed by atoms with Crippen molar-refractivity contribution in [1.82, 2.24) is 5.32 Å². The van der Waals surface area contributed by atoms with Gasteiger partial charge in [0.2, 0.25) is 5.91 Å². The van der Waals surface area contributed by atoms with Crippen LogP contribution in [0.5, 0.6) is 0 Å². The number of allylic oxidation sites excluding steroid dienone is 17. The van der Waals surface area contributed by atoms with Crippen LogP contribution < -0.4 is 5.32 Å². The highest BCUT2D eigenvalue weighted by Gasteiger charge is 2.28. The van der Waals surface area contributed by atoms with E-state index in [0.717, 1.165) is 83.5 Å². The van der Waals surface area contributed by atoms with E-state index in [2.05, 4.69) is 116 Å². The maximum Gasteiger partial charge on any atom is 0.472 e. The summed E-state index contributed by atoms with van der Waals surface area (Å²) in [4.78, 5) is 23.4. The monoisotopic (exact) mass is 1220 g/mol. The highest BCUT2D eigenvalue weighted by Crippen LogP contribution is 2.43. The number of amides is 1. The lowest BCUT2D eigenvalue weighted by Crippen LogP contribution is -2.45. The van der Waals surface area contributed by atoms with Crippen LogP contribution in [0.25, 0.3) is 0 Å². The quantitative estimate of drug-likeness (QED) is 0.0243. The maximum absolute atomic E-state index is 13.1. The Labute approximate surface area is 533 Å². The summed E-state index contributed by atoms with van der Waals surface area (Å²) in [7, 11) is 1.55. The molecule has 1 amide bonds. The van der Waals surface area contributed by atoms with Gasteiger partial charge < -0.3 is 19.8 Å². The molecule has 3 N–H and O–H groups in total. The number of aliphatic hydroxyl groups is 1. The van der Waals surface area contributed by atoms with Crippen LogP contribution in [0.4, 0.5) is 0 Å². The smallest absolute Gasteiger partial charge is 0.387 e. The van der Waals surface area contributed by atoms with Gasteiger partial charge in [-0.2, -0.15) is 0 Å². The molecule has 0 aliphatic rings. The third-order valence-corrected chi connectivity index (χ3v) is 16.9. The molecule has 0 heterocycles. The van der Waals surface area contributed by atoms with Gasteiger partial charge in [0.05, 0.1) is 39.9 Å². The average Bonchev–Trinajstić information content (AvgIpc) is 3.70. The Kier molecular flexibility index (Phi) is 64.4. The molecule has 0 fully saturated rings. The highest BCUT2D eigenvalue weighted by atomic mass is 31.2. The van der Waals surface area contributed by atoms with Crippen LogP contribution in [0.1, 0.15) is 322 Å². The molecular formula is C77H140N2O6P+. The normalized spacial score (nSPS) is 14.3. The Balaban J connectivity index is 4.06. The summed E-state index contributed by atoms with van der Waals surface area (Å²) >= 11 is 0. The molecule has 0 aromatic heterocycles. The fourth-order valence-corrected chi connectivity index (χ4v) is 11.1. The van der Waals surface area contributed by atoms with E-state index in [0.29, 0.717) is 17.4 Å². The van der Waals surface area contributed by atoms with Gasteiger partial charge in [0, 0.05) is 6.42 Å². The van der Waals surface area contributed by atoms with Gasteiger partial charge in [-0.15, -0.1) is 0 Å². The molecule has 86 heavy (non-hydrogen) atoms. The molecule has 0 rings (SSSR count). The molecule has 3 atom stereocenters. The number of phosphoric ester groups is 1. The molecule has 9 heteroatoms. The number of phosphoric acid groups is 1. The first-order valence-electron chi connectivity index (χ1n) is 36.3. The van der Waals surface area contributed by atoms with E-state index in [1.807, 2.05) is 27.2 Å². The maximum atomic E-state index is 13.1. The fourth-order valence-electron chi connectivity index (χ4n) is 10.4. The van der Waals surface area contributed by atoms with Crippen LogP contribution in [0, 0.1) is 0 Å².